The van der Waals surface area contributed by atoms with Crippen molar-refractivity contribution in [2.24, 2.45) is 50.2 Å². The quantitative estimate of drug-likeness (QED) is 0.365. The summed E-state index contributed by atoms with van der Waals surface area (Å²) in [5.74, 6) is 1.86. The first kappa shape index (κ1) is 24.2. The molecule has 5 rings (SSSR count). The maximum Gasteiger partial charge on any atom is 0.0926 e. The van der Waals surface area contributed by atoms with Gasteiger partial charge in [0.15, 0.2) is 0 Å². The summed E-state index contributed by atoms with van der Waals surface area (Å²) in [6.45, 7) is 19.0. The molecule has 33 heavy (non-hydrogen) atoms. The maximum absolute atomic E-state index is 11.9. The van der Waals surface area contributed by atoms with Crippen LogP contribution in [-0.2, 0) is 0 Å². The predicted molar refractivity (Wildman–Crippen MR) is 134 cm³/mol. The molecule has 5 aliphatic rings. The number of fused-ring (bicyclic) bond motifs is 7. The molecule has 0 saturated heterocycles. The summed E-state index contributed by atoms with van der Waals surface area (Å²) in [7, 11) is 0. The first-order valence-electron chi connectivity index (χ1n) is 13.8. The molecule has 4 fully saturated rings. The second-order valence-electron chi connectivity index (χ2n) is 15.5. The first-order chi connectivity index (χ1) is 15.0. The van der Waals surface area contributed by atoms with Crippen LogP contribution in [0, 0.1) is 50.2 Å². The standard InChI is InChI=1S/C30H50O3/c1-25(2)16-18-24-19(31)15-21-28(6)11-10-22(32)26(3,4)20(28)9-12-29(21,7)30(24,8)14-13-27(18,5)23(33)17-25/h18,20-23,31-33H,9-17H2,1-8H3/t18-,20-,21+,22?,23?,27+,28-,29+,30+/m0/s1. The van der Waals surface area contributed by atoms with Crippen LogP contribution in [0.4, 0.5) is 0 Å². The summed E-state index contributed by atoms with van der Waals surface area (Å²) in [5.41, 5.74) is 1.48. The van der Waals surface area contributed by atoms with Gasteiger partial charge in [-0.25, -0.2) is 0 Å². The molecule has 0 heterocycles. The van der Waals surface area contributed by atoms with Crippen molar-refractivity contribution in [3.8, 4) is 0 Å². The van der Waals surface area contributed by atoms with Crippen molar-refractivity contribution >= 4 is 0 Å². The van der Waals surface area contributed by atoms with E-state index in [2.05, 4.69) is 55.4 Å². The van der Waals surface area contributed by atoms with E-state index in [0.29, 0.717) is 17.6 Å². The van der Waals surface area contributed by atoms with Gasteiger partial charge in [-0.1, -0.05) is 55.4 Å². The molecule has 0 radical (unpaired) electrons. The van der Waals surface area contributed by atoms with Crippen LogP contribution in [0.15, 0.2) is 11.3 Å². The van der Waals surface area contributed by atoms with Crippen molar-refractivity contribution in [1.82, 2.24) is 0 Å². The van der Waals surface area contributed by atoms with Gasteiger partial charge in [-0.05, 0) is 102 Å². The topological polar surface area (TPSA) is 60.7 Å². The lowest BCUT2D eigenvalue weighted by Crippen LogP contribution is -2.65. The Morgan fingerprint density at radius 1 is 0.697 bits per heavy atom. The van der Waals surface area contributed by atoms with Gasteiger partial charge in [-0.2, -0.15) is 0 Å². The van der Waals surface area contributed by atoms with Crippen molar-refractivity contribution in [1.29, 1.82) is 0 Å². The van der Waals surface area contributed by atoms with E-state index in [9.17, 15) is 15.3 Å². The summed E-state index contributed by atoms with van der Waals surface area (Å²) in [6.07, 6.45) is 8.60. The largest absolute Gasteiger partial charge is 0.512 e. The van der Waals surface area contributed by atoms with Crippen LogP contribution in [0.3, 0.4) is 0 Å². The van der Waals surface area contributed by atoms with Crippen LogP contribution >= 0.6 is 0 Å². The fourth-order valence-electron chi connectivity index (χ4n) is 10.7. The van der Waals surface area contributed by atoms with Crippen LogP contribution in [0.2, 0.25) is 0 Å². The van der Waals surface area contributed by atoms with Gasteiger partial charge in [0, 0.05) is 11.8 Å². The molecule has 3 N–H and O–H groups in total. The predicted octanol–water partition coefficient (Wildman–Crippen LogP) is 7.03. The van der Waals surface area contributed by atoms with Gasteiger partial charge in [-0.3, -0.25) is 0 Å². The second kappa shape index (κ2) is 6.81. The van der Waals surface area contributed by atoms with Crippen LogP contribution in [0.1, 0.15) is 113 Å². The van der Waals surface area contributed by atoms with E-state index >= 15 is 0 Å². The number of aliphatic hydroxyl groups excluding tert-OH is 3. The van der Waals surface area contributed by atoms with E-state index in [1.807, 2.05) is 0 Å². The van der Waals surface area contributed by atoms with Crippen LogP contribution in [0.5, 0.6) is 0 Å². The number of hydrogen-bond donors (Lipinski definition) is 3. The Kier molecular flexibility index (Phi) is 4.99. The minimum Gasteiger partial charge on any atom is -0.512 e. The molecule has 2 unspecified atom stereocenters. The fraction of sp³-hybridized carbons (Fsp3) is 0.933. The molecule has 0 aromatic heterocycles. The number of rotatable bonds is 0. The Hall–Kier alpha value is -0.540. The Morgan fingerprint density at radius 3 is 2.03 bits per heavy atom. The van der Waals surface area contributed by atoms with E-state index in [1.165, 1.54) is 18.4 Å². The summed E-state index contributed by atoms with van der Waals surface area (Å²) in [4.78, 5) is 0. The van der Waals surface area contributed by atoms with Gasteiger partial charge in [0.1, 0.15) is 0 Å². The smallest absolute Gasteiger partial charge is 0.0926 e. The molecule has 3 nitrogen and oxygen atoms in total. The maximum atomic E-state index is 11.9. The average Bonchev–Trinajstić information content (AvgIpc) is 2.69. The average molecular weight is 459 g/mol. The zero-order valence-corrected chi connectivity index (χ0v) is 22.6. The van der Waals surface area contributed by atoms with Gasteiger partial charge in [0.25, 0.3) is 0 Å². The first-order valence-corrected chi connectivity index (χ1v) is 13.8. The van der Waals surface area contributed by atoms with E-state index < -0.39 is 0 Å². The molecule has 0 amide bonds. The summed E-state index contributed by atoms with van der Waals surface area (Å²) < 4.78 is 0. The Labute approximate surface area is 202 Å². The summed E-state index contributed by atoms with van der Waals surface area (Å²) in [6, 6.07) is 0. The van der Waals surface area contributed by atoms with E-state index in [4.69, 9.17) is 0 Å². The SMILES string of the molecule is CC1(C)CC(O)[C@]2(C)CC[C@]3(C)C(=C(O)C[C@@H]4[C@@]5(C)CCC(O)C(C)(C)[C@@H]5CC[C@]43C)[C@@H]2C1. The van der Waals surface area contributed by atoms with Crippen molar-refractivity contribution in [2.75, 3.05) is 0 Å². The lowest BCUT2D eigenvalue weighted by atomic mass is 9.33. The number of allylic oxidation sites excluding steroid dienone is 2. The highest BCUT2D eigenvalue weighted by Crippen LogP contribution is 2.76. The molecule has 0 spiro atoms. The number of aliphatic hydroxyl groups is 3. The molecular formula is C30H50O3. The highest BCUT2D eigenvalue weighted by Gasteiger charge is 2.69. The Bertz CT molecular complexity index is 872. The van der Waals surface area contributed by atoms with Gasteiger partial charge in [0.05, 0.1) is 18.0 Å². The van der Waals surface area contributed by atoms with Gasteiger partial charge < -0.3 is 15.3 Å². The summed E-state index contributed by atoms with van der Waals surface area (Å²) >= 11 is 0. The Balaban J connectivity index is 1.63. The van der Waals surface area contributed by atoms with Gasteiger partial charge in [-0.15, -0.1) is 0 Å². The molecule has 5 aliphatic carbocycles. The minimum atomic E-state index is -0.296. The lowest BCUT2D eigenvalue weighted by molar-refractivity contribution is -0.212. The van der Waals surface area contributed by atoms with Crippen LogP contribution < -0.4 is 0 Å². The van der Waals surface area contributed by atoms with E-state index in [-0.39, 0.29) is 50.6 Å². The third kappa shape index (κ3) is 2.87. The fourth-order valence-corrected chi connectivity index (χ4v) is 10.7. The van der Waals surface area contributed by atoms with Crippen molar-refractivity contribution in [3.63, 3.8) is 0 Å². The van der Waals surface area contributed by atoms with Gasteiger partial charge in [0.2, 0.25) is 0 Å². The molecule has 0 aromatic carbocycles. The third-order valence-electron chi connectivity index (χ3n) is 13.2. The molecule has 0 aromatic rings. The van der Waals surface area contributed by atoms with Crippen molar-refractivity contribution in [3.05, 3.63) is 11.3 Å². The highest BCUT2D eigenvalue weighted by molar-refractivity contribution is 5.36. The van der Waals surface area contributed by atoms with Crippen molar-refractivity contribution < 1.29 is 15.3 Å². The number of hydrogen-bond acceptors (Lipinski definition) is 3. The van der Waals surface area contributed by atoms with Crippen molar-refractivity contribution in [2.45, 2.75) is 125 Å². The van der Waals surface area contributed by atoms with E-state index in [0.717, 1.165) is 44.9 Å². The molecule has 9 atom stereocenters. The molecular weight excluding hydrogens is 408 g/mol. The zero-order chi connectivity index (χ0) is 24.4. The molecule has 3 heteroatoms. The minimum absolute atomic E-state index is 0.0223. The normalized spacial score (nSPS) is 55.2. The lowest BCUT2D eigenvalue weighted by Gasteiger charge is -2.71. The zero-order valence-electron chi connectivity index (χ0n) is 22.6. The van der Waals surface area contributed by atoms with Crippen LogP contribution in [0.25, 0.3) is 0 Å². The summed E-state index contributed by atoms with van der Waals surface area (Å²) in [5, 5.41) is 34.1. The van der Waals surface area contributed by atoms with E-state index in [1.54, 1.807) is 0 Å². The highest BCUT2D eigenvalue weighted by atomic mass is 16.3. The second-order valence-corrected chi connectivity index (χ2v) is 15.5. The van der Waals surface area contributed by atoms with Gasteiger partial charge >= 0.3 is 0 Å². The third-order valence-corrected chi connectivity index (χ3v) is 13.2. The molecule has 4 saturated carbocycles. The molecule has 188 valence electrons. The molecule has 0 aliphatic heterocycles. The monoisotopic (exact) mass is 458 g/mol. The van der Waals surface area contributed by atoms with Crippen LogP contribution in [-0.4, -0.2) is 27.5 Å². The Morgan fingerprint density at radius 2 is 1.36 bits per heavy atom. The molecule has 0 bridgehead atoms.